The molecule has 0 heterocycles. The molecule has 0 spiro atoms. The van der Waals surface area contributed by atoms with Crippen molar-refractivity contribution in [3.05, 3.63) is 108 Å². The summed E-state index contributed by atoms with van der Waals surface area (Å²) < 4.78 is 5.39. The maximum atomic E-state index is 12.4. The van der Waals surface area contributed by atoms with Crippen LogP contribution in [0.3, 0.4) is 0 Å². The summed E-state index contributed by atoms with van der Waals surface area (Å²) in [5.41, 5.74) is 3.27. The molecule has 144 valence electrons. The van der Waals surface area contributed by atoms with Crippen LogP contribution in [0.15, 0.2) is 91.0 Å². The molecule has 0 saturated carbocycles. The lowest BCUT2D eigenvalue weighted by Gasteiger charge is -2.24. The van der Waals surface area contributed by atoms with Crippen LogP contribution in [0.1, 0.15) is 29.7 Å². The van der Waals surface area contributed by atoms with E-state index in [1.807, 2.05) is 66.7 Å². The molecule has 0 aliphatic rings. The second kappa shape index (κ2) is 10.3. The lowest BCUT2D eigenvalue weighted by molar-refractivity contribution is 0.132. The highest BCUT2D eigenvalue weighted by Gasteiger charge is 2.17. The zero-order chi connectivity index (χ0) is 19.6. The number of hydrogen-bond acceptors (Lipinski definition) is 3. The van der Waals surface area contributed by atoms with Gasteiger partial charge in [0.2, 0.25) is 0 Å². The third kappa shape index (κ3) is 6.25. The van der Waals surface area contributed by atoms with Crippen LogP contribution in [0, 0.1) is 0 Å². The number of carbonyl (C=O) groups is 1. The standard InChI is InChI=1S/C24H26N2O2/c1-19(22-15-9-4-10-16-22)25-23(17-20-11-5-2-6-12-20)26-24(27)28-18-21-13-7-3-8-14-21/h2-16,19,23,25H,17-18H2,1H3,(H,26,27)/t19-,23-/m0/s1. The van der Waals surface area contributed by atoms with Crippen LogP contribution in [-0.4, -0.2) is 12.3 Å². The van der Waals surface area contributed by atoms with Gasteiger partial charge in [0.15, 0.2) is 0 Å². The normalized spacial score (nSPS) is 12.8. The average Bonchev–Trinajstić information content (AvgIpc) is 2.74. The van der Waals surface area contributed by atoms with Crippen LogP contribution >= 0.6 is 0 Å². The van der Waals surface area contributed by atoms with E-state index in [4.69, 9.17) is 4.74 Å². The van der Waals surface area contributed by atoms with Gasteiger partial charge in [0, 0.05) is 12.5 Å². The van der Waals surface area contributed by atoms with Gasteiger partial charge in [-0.1, -0.05) is 91.0 Å². The highest BCUT2D eigenvalue weighted by atomic mass is 16.5. The van der Waals surface area contributed by atoms with Crippen molar-refractivity contribution in [2.75, 3.05) is 0 Å². The third-order valence-corrected chi connectivity index (χ3v) is 4.54. The summed E-state index contributed by atoms with van der Waals surface area (Å²) in [4.78, 5) is 12.4. The maximum Gasteiger partial charge on any atom is 0.408 e. The lowest BCUT2D eigenvalue weighted by atomic mass is 10.1. The Kier molecular flexibility index (Phi) is 7.21. The molecule has 4 nitrogen and oxygen atoms in total. The summed E-state index contributed by atoms with van der Waals surface area (Å²) in [6, 6.07) is 30.0. The minimum absolute atomic E-state index is 0.0873. The smallest absolute Gasteiger partial charge is 0.408 e. The number of hydrogen-bond donors (Lipinski definition) is 2. The third-order valence-electron chi connectivity index (χ3n) is 4.54. The fourth-order valence-corrected chi connectivity index (χ4v) is 3.05. The number of rotatable bonds is 8. The predicted octanol–water partition coefficient (Wildman–Crippen LogP) is 4.83. The van der Waals surface area contributed by atoms with Crippen molar-refractivity contribution in [2.24, 2.45) is 0 Å². The van der Waals surface area contributed by atoms with Gasteiger partial charge in [0.1, 0.15) is 6.61 Å². The highest BCUT2D eigenvalue weighted by Crippen LogP contribution is 2.13. The Balaban J connectivity index is 1.62. The number of benzene rings is 3. The number of carbonyl (C=O) groups excluding carboxylic acids is 1. The van der Waals surface area contributed by atoms with Crippen LogP contribution in [0.5, 0.6) is 0 Å². The van der Waals surface area contributed by atoms with Gasteiger partial charge in [-0.25, -0.2) is 4.79 Å². The van der Waals surface area contributed by atoms with Crippen LogP contribution in [0.25, 0.3) is 0 Å². The van der Waals surface area contributed by atoms with Gasteiger partial charge in [0.05, 0.1) is 6.17 Å². The van der Waals surface area contributed by atoms with Crippen molar-refractivity contribution in [3.63, 3.8) is 0 Å². The summed E-state index contributed by atoms with van der Waals surface area (Å²) in [7, 11) is 0. The predicted molar refractivity (Wildman–Crippen MR) is 112 cm³/mol. The minimum atomic E-state index is -0.433. The Bertz CT molecular complexity index is 838. The molecule has 4 heteroatoms. The highest BCUT2D eigenvalue weighted by molar-refractivity contribution is 5.67. The Hall–Kier alpha value is -3.11. The van der Waals surface area contributed by atoms with E-state index in [9.17, 15) is 4.79 Å². The first-order valence-corrected chi connectivity index (χ1v) is 9.53. The van der Waals surface area contributed by atoms with Crippen LogP contribution in [0.4, 0.5) is 4.79 Å². The molecule has 0 aliphatic carbocycles. The monoisotopic (exact) mass is 374 g/mol. The summed E-state index contributed by atoms with van der Waals surface area (Å²) in [6.45, 7) is 2.34. The molecule has 0 aromatic heterocycles. The van der Waals surface area contributed by atoms with Gasteiger partial charge < -0.3 is 10.1 Å². The molecule has 0 unspecified atom stereocenters. The van der Waals surface area contributed by atoms with E-state index in [2.05, 4.69) is 41.8 Å². The Labute approximate surface area is 166 Å². The SMILES string of the molecule is C[C@H](N[C@H](Cc1ccccc1)NC(=O)OCc1ccccc1)c1ccccc1. The average molecular weight is 374 g/mol. The summed E-state index contributed by atoms with van der Waals surface area (Å²) >= 11 is 0. The zero-order valence-corrected chi connectivity index (χ0v) is 16.0. The molecule has 3 aromatic rings. The van der Waals surface area contributed by atoms with Gasteiger partial charge in [-0.3, -0.25) is 5.32 Å². The molecule has 0 fully saturated rings. The van der Waals surface area contributed by atoms with Gasteiger partial charge in [-0.05, 0) is 23.6 Å². The molecule has 0 radical (unpaired) electrons. The molecule has 2 atom stereocenters. The van der Waals surface area contributed by atoms with E-state index in [0.29, 0.717) is 6.42 Å². The number of alkyl carbamates (subject to hydrolysis) is 1. The van der Waals surface area contributed by atoms with Crippen molar-refractivity contribution in [1.29, 1.82) is 0 Å². The van der Waals surface area contributed by atoms with Crippen LogP contribution in [0.2, 0.25) is 0 Å². The number of ether oxygens (including phenoxy) is 1. The largest absolute Gasteiger partial charge is 0.445 e. The lowest BCUT2D eigenvalue weighted by Crippen LogP contribution is -2.47. The first kappa shape index (κ1) is 19.6. The molecule has 3 rings (SSSR count). The van der Waals surface area contributed by atoms with Crippen LogP contribution in [-0.2, 0) is 17.8 Å². The molecule has 28 heavy (non-hydrogen) atoms. The fraction of sp³-hybridized carbons (Fsp3) is 0.208. The number of nitrogens with one attached hydrogen (secondary N) is 2. The van der Waals surface area contributed by atoms with Crippen molar-refractivity contribution in [3.8, 4) is 0 Å². The molecule has 0 saturated heterocycles. The van der Waals surface area contributed by atoms with E-state index in [1.165, 1.54) is 5.56 Å². The van der Waals surface area contributed by atoms with Gasteiger partial charge in [-0.2, -0.15) is 0 Å². The quantitative estimate of drug-likeness (QED) is 0.555. The molecule has 0 bridgehead atoms. The van der Waals surface area contributed by atoms with Crippen molar-refractivity contribution >= 4 is 6.09 Å². The molecule has 3 aromatic carbocycles. The fourth-order valence-electron chi connectivity index (χ4n) is 3.05. The molecule has 1 amide bonds. The van der Waals surface area contributed by atoms with E-state index in [-0.39, 0.29) is 18.8 Å². The van der Waals surface area contributed by atoms with Gasteiger partial charge >= 0.3 is 6.09 Å². The second-order valence-electron chi connectivity index (χ2n) is 6.75. The zero-order valence-electron chi connectivity index (χ0n) is 16.0. The topological polar surface area (TPSA) is 50.4 Å². The second-order valence-corrected chi connectivity index (χ2v) is 6.75. The van der Waals surface area contributed by atoms with Gasteiger partial charge in [-0.15, -0.1) is 0 Å². The van der Waals surface area contributed by atoms with Crippen molar-refractivity contribution < 1.29 is 9.53 Å². The molecular weight excluding hydrogens is 348 g/mol. The van der Waals surface area contributed by atoms with Gasteiger partial charge in [0.25, 0.3) is 0 Å². The summed E-state index contributed by atoms with van der Waals surface area (Å²) in [6.07, 6.45) is -0.0169. The van der Waals surface area contributed by atoms with Crippen molar-refractivity contribution in [2.45, 2.75) is 32.2 Å². The molecule has 0 aliphatic heterocycles. The van der Waals surface area contributed by atoms with Crippen LogP contribution < -0.4 is 10.6 Å². The van der Waals surface area contributed by atoms with E-state index in [0.717, 1.165) is 11.1 Å². The molecular formula is C24H26N2O2. The van der Waals surface area contributed by atoms with E-state index in [1.54, 1.807) is 0 Å². The molecule has 2 N–H and O–H groups in total. The minimum Gasteiger partial charge on any atom is -0.445 e. The van der Waals surface area contributed by atoms with E-state index >= 15 is 0 Å². The Morgan fingerprint density at radius 3 is 1.96 bits per heavy atom. The summed E-state index contributed by atoms with van der Waals surface area (Å²) in [5.74, 6) is 0. The maximum absolute atomic E-state index is 12.4. The first-order valence-electron chi connectivity index (χ1n) is 9.53. The Morgan fingerprint density at radius 1 is 0.821 bits per heavy atom. The van der Waals surface area contributed by atoms with Crippen molar-refractivity contribution in [1.82, 2.24) is 10.6 Å². The van der Waals surface area contributed by atoms with E-state index < -0.39 is 6.09 Å². The first-order chi connectivity index (χ1) is 13.7. The summed E-state index contributed by atoms with van der Waals surface area (Å²) in [5, 5.41) is 6.46. The Morgan fingerprint density at radius 2 is 1.36 bits per heavy atom. The number of amides is 1.